The normalized spacial score (nSPS) is 13.6. The number of ether oxygens (including phenoxy) is 2. The number of carbonyl (C=O) groups is 1. The van der Waals surface area contributed by atoms with Crippen molar-refractivity contribution in [1.82, 2.24) is 9.88 Å². The molecule has 0 radical (unpaired) electrons. The molecule has 2 aromatic rings. The molecule has 0 aliphatic carbocycles. The number of benzene rings is 1. The van der Waals surface area contributed by atoms with E-state index in [1.807, 2.05) is 52.0 Å². The molecule has 1 amide bonds. The number of halogens is 2. The van der Waals surface area contributed by atoms with Crippen molar-refractivity contribution in [2.45, 2.75) is 46.1 Å². The fraction of sp³-hybridized carbons (Fsp3) is 0.455. The van der Waals surface area contributed by atoms with Crippen LogP contribution in [0.2, 0.25) is 10.2 Å². The molecule has 1 aromatic carbocycles. The van der Waals surface area contributed by atoms with E-state index < -0.39 is 0 Å². The Hall–Kier alpha value is -1.98. The Kier molecular flexibility index (Phi) is 8.17. The highest BCUT2D eigenvalue weighted by Gasteiger charge is 2.23. The van der Waals surface area contributed by atoms with E-state index in [9.17, 15) is 4.79 Å². The molecular weight excluding hydrogens is 411 g/mol. The van der Waals surface area contributed by atoms with Crippen LogP contribution in [0, 0.1) is 6.92 Å². The lowest BCUT2D eigenvalue weighted by Crippen LogP contribution is -2.34. The summed E-state index contributed by atoms with van der Waals surface area (Å²) in [6.45, 7) is 9.41. The summed E-state index contributed by atoms with van der Waals surface area (Å²) < 4.78 is 10.3. The van der Waals surface area contributed by atoms with Crippen LogP contribution >= 0.6 is 23.2 Å². The third-order valence-corrected chi connectivity index (χ3v) is 4.76. The van der Waals surface area contributed by atoms with E-state index in [1.165, 1.54) is 12.7 Å². The topological polar surface area (TPSA) is 51.7 Å². The van der Waals surface area contributed by atoms with E-state index in [2.05, 4.69) is 4.98 Å². The van der Waals surface area contributed by atoms with Crippen LogP contribution in [0.15, 0.2) is 30.3 Å². The van der Waals surface area contributed by atoms with Gasteiger partial charge in [0.15, 0.2) is 10.9 Å². The highest BCUT2D eigenvalue weighted by Crippen LogP contribution is 2.33. The SMILES string of the molecule is CC(C)(C)OC(=O)N1CCCC1.COc1cc(Cl)c(-c2ccc(C)cc2)nc1Cl. The first-order chi connectivity index (χ1) is 13.6. The Morgan fingerprint density at radius 3 is 2.21 bits per heavy atom. The Balaban J connectivity index is 0.000000221. The van der Waals surface area contributed by atoms with Crippen LogP contribution < -0.4 is 4.74 Å². The maximum atomic E-state index is 11.4. The van der Waals surface area contributed by atoms with Gasteiger partial charge in [-0.25, -0.2) is 9.78 Å². The number of likely N-dealkylation sites (tertiary alicyclic amines) is 1. The van der Waals surface area contributed by atoms with Crippen LogP contribution in [-0.2, 0) is 4.74 Å². The number of methoxy groups -OCH3 is 1. The number of aryl methyl sites for hydroxylation is 1. The van der Waals surface area contributed by atoms with Crippen molar-refractivity contribution in [3.8, 4) is 17.0 Å². The van der Waals surface area contributed by atoms with Crippen molar-refractivity contribution in [2.24, 2.45) is 0 Å². The van der Waals surface area contributed by atoms with Crippen molar-refractivity contribution in [2.75, 3.05) is 20.2 Å². The summed E-state index contributed by atoms with van der Waals surface area (Å²) >= 11 is 12.1. The molecular formula is C22H28Cl2N2O3. The zero-order valence-corrected chi connectivity index (χ0v) is 19.1. The molecule has 29 heavy (non-hydrogen) atoms. The first-order valence-corrected chi connectivity index (χ1v) is 10.3. The number of carbonyl (C=O) groups excluding carboxylic acids is 1. The summed E-state index contributed by atoms with van der Waals surface area (Å²) in [5, 5.41) is 0.836. The van der Waals surface area contributed by atoms with Crippen LogP contribution in [0.1, 0.15) is 39.2 Å². The van der Waals surface area contributed by atoms with Gasteiger partial charge < -0.3 is 14.4 Å². The minimum atomic E-state index is -0.361. The third kappa shape index (κ3) is 7.09. The Labute approximate surface area is 182 Å². The van der Waals surface area contributed by atoms with Crippen molar-refractivity contribution < 1.29 is 14.3 Å². The van der Waals surface area contributed by atoms with Gasteiger partial charge in [-0.15, -0.1) is 0 Å². The monoisotopic (exact) mass is 438 g/mol. The van der Waals surface area contributed by atoms with Crippen molar-refractivity contribution in [3.05, 3.63) is 46.1 Å². The number of rotatable bonds is 2. The number of amides is 1. The minimum Gasteiger partial charge on any atom is -0.493 e. The number of pyridine rings is 1. The molecule has 0 unspecified atom stereocenters. The second-order valence-electron chi connectivity index (χ2n) is 7.85. The molecule has 3 rings (SSSR count). The molecule has 0 atom stereocenters. The van der Waals surface area contributed by atoms with Gasteiger partial charge in [0.25, 0.3) is 0 Å². The molecule has 0 bridgehead atoms. The number of hydrogen-bond acceptors (Lipinski definition) is 4. The summed E-state index contributed by atoms with van der Waals surface area (Å²) in [4.78, 5) is 17.4. The zero-order chi connectivity index (χ0) is 21.6. The number of nitrogens with zero attached hydrogens (tertiary/aromatic N) is 2. The summed E-state index contributed by atoms with van der Waals surface area (Å²) in [5.41, 5.74) is 2.42. The summed E-state index contributed by atoms with van der Waals surface area (Å²) in [7, 11) is 1.53. The maximum Gasteiger partial charge on any atom is 0.410 e. The first-order valence-electron chi connectivity index (χ1n) is 9.55. The van der Waals surface area contributed by atoms with E-state index in [4.69, 9.17) is 32.7 Å². The average Bonchev–Trinajstić information content (AvgIpc) is 3.18. The molecule has 1 aromatic heterocycles. The molecule has 5 nitrogen and oxygen atoms in total. The average molecular weight is 439 g/mol. The molecule has 0 saturated carbocycles. The summed E-state index contributed by atoms with van der Waals surface area (Å²) in [6, 6.07) is 9.61. The number of aromatic nitrogens is 1. The number of hydrogen-bond donors (Lipinski definition) is 0. The van der Waals surface area contributed by atoms with Gasteiger partial charge in [-0.05, 0) is 40.5 Å². The molecule has 0 spiro atoms. The quantitative estimate of drug-likeness (QED) is 0.509. The summed E-state index contributed by atoms with van der Waals surface area (Å²) in [5.74, 6) is 0.479. The fourth-order valence-corrected chi connectivity index (χ4v) is 3.20. The van der Waals surface area contributed by atoms with Crippen LogP contribution in [-0.4, -0.2) is 41.8 Å². The van der Waals surface area contributed by atoms with Gasteiger partial charge in [0.2, 0.25) is 0 Å². The molecule has 1 aliphatic rings. The largest absolute Gasteiger partial charge is 0.493 e. The first kappa shape index (κ1) is 23.3. The van der Waals surface area contributed by atoms with Crippen molar-refractivity contribution in [1.29, 1.82) is 0 Å². The van der Waals surface area contributed by atoms with E-state index in [0.29, 0.717) is 21.6 Å². The highest BCUT2D eigenvalue weighted by molar-refractivity contribution is 6.35. The molecule has 2 heterocycles. The predicted molar refractivity (Wildman–Crippen MR) is 118 cm³/mol. The smallest absolute Gasteiger partial charge is 0.410 e. The van der Waals surface area contributed by atoms with Crippen LogP contribution in [0.3, 0.4) is 0 Å². The van der Waals surface area contributed by atoms with Gasteiger partial charge in [0, 0.05) is 24.7 Å². The van der Waals surface area contributed by atoms with Gasteiger partial charge in [-0.1, -0.05) is 53.0 Å². The van der Waals surface area contributed by atoms with Gasteiger partial charge in [-0.3, -0.25) is 0 Å². The predicted octanol–water partition coefficient (Wildman–Crippen LogP) is 6.39. The second-order valence-corrected chi connectivity index (χ2v) is 8.62. The lowest BCUT2D eigenvalue weighted by molar-refractivity contribution is 0.0295. The fourth-order valence-electron chi connectivity index (χ4n) is 2.73. The highest BCUT2D eigenvalue weighted by atomic mass is 35.5. The maximum absolute atomic E-state index is 11.4. The third-order valence-electron chi connectivity index (χ3n) is 4.20. The second kappa shape index (κ2) is 10.2. The van der Waals surface area contributed by atoms with Gasteiger partial charge >= 0.3 is 6.09 Å². The molecule has 1 aliphatic heterocycles. The lowest BCUT2D eigenvalue weighted by Gasteiger charge is -2.23. The van der Waals surface area contributed by atoms with Crippen LogP contribution in [0.5, 0.6) is 5.75 Å². The van der Waals surface area contributed by atoms with E-state index in [-0.39, 0.29) is 11.7 Å². The van der Waals surface area contributed by atoms with Gasteiger partial charge in [0.1, 0.15) is 5.60 Å². The Bertz CT molecular complexity index is 827. The van der Waals surface area contributed by atoms with Crippen molar-refractivity contribution >= 4 is 29.3 Å². The standard InChI is InChI=1S/C13H11Cl2NO.C9H17NO2/c1-8-3-5-9(6-4-8)12-10(14)7-11(17-2)13(15)16-12;1-9(2,3)12-8(11)10-6-4-5-7-10/h3-7H,1-2H3;4-7H2,1-3H3. The minimum absolute atomic E-state index is 0.167. The molecule has 158 valence electrons. The van der Waals surface area contributed by atoms with Crippen molar-refractivity contribution in [3.63, 3.8) is 0 Å². The lowest BCUT2D eigenvalue weighted by atomic mass is 10.1. The molecule has 1 saturated heterocycles. The Morgan fingerprint density at radius 2 is 1.69 bits per heavy atom. The van der Waals surface area contributed by atoms with E-state index in [1.54, 1.807) is 11.0 Å². The van der Waals surface area contributed by atoms with Crippen LogP contribution in [0.25, 0.3) is 11.3 Å². The molecule has 0 N–H and O–H groups in total. The molecule has 7 heteroatoms. The van der Waals surface area contributed by atoms with E-state index >= 15 is 0 Å². The summed E-state index contributed by atoms with van der Waals surface area (Å²) in [6.07, 6.45) is 2.05. The molecule has 1 fully saturated rings. The van der Waals surface area contributed by atoms with Gasteiger partial charge in [0.05, 0.1) is 17.8 Å². The zero-order valence-electron chi connectivity index (χ0n) is 17.6. The van der Waals surface area contributed by atoms with Gasteiger partial charge in [-0.2, -0.15) is 0 Å². The Morgan fingerprint density at radius 1 is 1.10 bits per heavy atom. The van der Waals surface area contributed by atoms with Crippen LogP contribution in [0.4, 0.5) is 4.79 Å². The van der Waals surface area contributed by atoms with E-state index in [0.717, 1.165) is 31.5 Å².